The molecule has 0 radical (unpaired) electrons. The minimum absolute atomic E-state index is 0.185. The molecule has 1 fully saturated rings. The number of piperidine rings is 1. The number of hydrogen-bond acceptors (Lipinski definition) is 3. The number of carbonyl (C=O) groups is 1. The van der Waals surface area contributed by atoms with Crippen molar-refractivity contribution in [2.75, 3.05) is 32.7 Å². The summed E-state index contributed by atoms with van der Waals surface area (Å²) in [7, 11) is 0. The molecule has 1 unspecified atom stereocenters. The molecule has 0 aromatic carbocycles. The standard InChI is InChI=1S/C17H35N3O2/c1-14-7-11-20(12-8-14)10-6-5-9-18-16(22)19-13-15(21)17(2,3)4/h14-15,21H,5-13H2,1-4H3,(H2,18,19,22). The molecule has 0 aromatic heterocycles. The zero-order valence-electron chi connectivity index (χ0n) is 14.8. The number of unbranched alkanes of at least 4 members (excludes halogenated alkanes) is 1. The Hall–Kier alpha value is -0.810. The Morgan fingerprint density at radius 3 is 2.45 bits per heavy atom. The summed E-state index contributed by atoms with van der Waals surface area (Å²) in [6, 6.07) is -0.185. The van der Waals surface area contributed by atoms with Crippen molar-refractivity contribution in [1.82, 2.24) is 15.5 Å². The van der Waals surface area contributed by atoms with Gasteiger partial charge in [0.05, 0.1) is 6.10 Å². The molecule has 1 aliphatic heterocycles. The van der Waals surface area contributed by atoms with E-state index in [1.54, 1.807) is 0 Å². The number of hydrogen-bond donors (Lipinski definition) is 3. The maximum atomic E-state index is 11.6. The van der Waals surface area contributed by atoms with Crippen LogP contribution in [0.1, 0.15) is 53.4 Å². The Morgan fingerprint density at radius 1 is 1.23 bits per heavy atom. The highest BCUT2D eigenvalue weighted by molar-refractivity contribution is 5.73. The first-order chi connectivity index (χ1) is 10.3. The second-order valence-electron chi connectivity index (χ2n) is 7.75. The molecule has 5 nitrogen and oxygen atoms in total. The molecule has 5 heteroatoms. The van der Waals surface area contributed by atoms with E-state index in [0.29, 0.717) is 13.1 Å². The van der Waals surface area contributed by atoms with Crippen molar-refractivity contribution in [3.05, 3.63) is 0 Å². The summed E-state index contributed by atoms with van der Waals surface area (Å²) in [6.45, 7) is 12.8. The van der Waals surface area contributed by atoms with Crippen molar-refractivity contribution in [2.45, 2.75) is 59.5 Å². The van der Waals surface area contributed by atoms with Crippen LogP contribution in [-0.4, -0.2) is 54.9 Å². The summed E-state index contributed by atoms with van der Waals surface area (Å²) in [5.74, 6) is 0.880. The molecule has 0 bridgehead atoms. The molecule has 22 heavy (non-hydrogen) atoms. The fourth-order valence-corrected chi connectivity index (χ4v) is 2.51. The van der Waals surface area contributed by atoms with E-state index >= 15 is 0 Å². The molecule has 0 aromatic rings. The largest absolute Gasteiger partial charge is 0.391 e. The van der Waals surface area contributed by atoms with Gasteiger partial charge in [0.15, 0.2) is 0 Å². The van der Waals surface area contributed by atoms with Crippen LogP contribution in [0, 0.1) is 11.3 Å². The quantitative estimate of drug-likeness (QED) is 0.631. The molecule has 2 amide bonds. The number of urea groups is 1. The molecule has 0 spiro atoms. The van der Waals surface area contributed by atoms with Gasteiger partial charge in [0.1, 0.15) is 0 Å². The van der Waals surface area contributed by atoms with Crippen LogP contribution in [0.2, 0.25) is 0 Å². The predicted octanol–water partition coefficient (Wildman–Crippen LogP) is 2.20. The van der Waals surface area contributed by atoms with Crippen molar-refractivity contribution in [2.24, 2.45) is 11.3 Å². The number of aliphatic hydroxyl groups excluding tert-OH is 1. The van der Waals surface area contributed by atoms with Crippen molar-refractivity contribution >= 4 is 6.03 Å². The number of carbonyl (C=O) groups excluding carboxylic acids is 1. The SMILES string of the molecule is CC1CCN(CCCCNC(=O)NCC(O)C(C)(C)C)CC1. The molecule has 3 N–H and O–H groups in total. The van der Waals surface area contributed by atoms with Crippen molar-refractivity contribution in [3.8, 4) is 0 Å². The molecular formula is C17H35N3O2. The second kappa shape index (κ2) is 9.36. The van der Waals surface area contributed by atoms with Gasteiger partial charge in [0, 0.05) is 13.1 Å². The lowest BCUT2D eigenvalue weighted by molar-refractivity contribution is 0.0650. The molecule has 1 aliphatic rings. The van der Waals surface area contributed by atoms with Gasteiger partial charge in [0.2, 0.25) is 0 Å². The highest BCUT2D eigenvalue weighted by atomic mass is 16.3. The summed E-state index contributed by atoms with van der Waals surface area (Å²) in [4.78, 5) is 14.2. The number of amides is 2. The highest BCUT2D eigenvalue weighted by Gasteiger charge is 2.22. The molecule has 1 rings (SSSR count). The van der Waals surface area contributed by atoms with E-state index in [1.807, 2.05) is 20.8 Å². The molecule has 1 heterocycles. The number of likely N-dealkylation sites (tertiary alicyclic amines) is 1. The van der Waals surface area contributed by atoms with Gasteiger partial charge in [0.25, 0.3) is 0 Å². The fraction of sp³-hybridized carbons (Fsp3) is 0.941. The average Bonchev–Trinajstić information content (AvgIpc) is 2.45. The van der Waals surface area contributed by atoms with E-state index in [9.17, 15) is 9.90 Å². The van der Waals surface area contributed by atoms with Gasteiger partial charge in [-0.05, 0) is 56.7 Å². The lowest BCUT2D eigenvalue weighted by Crippen LogP contribution is -2.43. The van der Waals surface area contributed by atoms with Crippen LogP contribution in [0.25, 0.3) is 0 Å². The van der Waals surface area contributed by atoms with Gasteiger partial charge >= 0.3 is 6.03 Å². The Bertz CT molecular complexity index is 320. The van der Waals surface area contributed by atoms with Crippen LogP contribution in [0.3, 0.4) is 0 Å². The van der Waals surface area contributed by atoms with E-state index in [2.05, 4.69) is 22.5 Å². The van der Waals surface area contributed by atoms with Crippen LogP contribution in [-0.2, 0) is 0 Å². The van der Waals surface area contributed by atoms with Crippen LogP contribution >= 0.6 is 0 Å². The first-order valence-electron chi connectivity index (χ1n) is 8.71. The van der Waals surface area contributed by atoms with Gasteiger partial charge in [-0.3, -0.25) is 0 Å². The third-order valence-corrected chi connectivity index (χ3v) is 4.52. The lowest BCUT2D eigenvalue weighted by Gasteiger charge is -2.30. The van der Waals surface area contributed by atoms with E-state index in [1.165, 1.54) is 25.9 Å². The van der Waals surface area contributed by atoms with Gasteiger partial charge in [-0.2, -0.15) is 0 Å². The summed E-state index contributed by atoms with van der Waals surface area (Å²) in [5.41, 5.74) is -0.209. The van der Waals surface area contributed by atoms with Crippen molar-refractivity contribution in [1.29, 1.82) is 0 Å². The smallest absolute Gasteiger partial charge is 0.314 e. The number of nitrogens with one attached hydrogen (secondary N) is 2. The van der Waals surface area contributed by atoms with E-state index in [4.69, 9.17) is 0 Å². The summed E-state index contributed by atoms with van der Waals surface area (Å²) in [6.07, 6.45) is 4.23. The van der Waals surface area contributed by atoms with Crippen LogP contribution < -0.4 is 10.6 Å². The molecule has 1 atom stereocenters. The van der Waals surface area contributed by atoms with Gasteiger partial charge in [-0.1, -0.05) is 27.7 Å². The van der Waals surface area contributed by atoms with E-state index < -0.39 is 6.10 Å². The normalized spacial score (nSPS) is 19.0. The van der Waals surface area contributed by atoms with Crippen LogP contribution in [0.15, 0.2) is 0 Å². The molecule has 1 saturated heterocycles. The van der Waals surface area contributed by atoms with Gasteiger partial charge in [-0.15, -0.1) is 0 Å². The molecule has 130 valence electrons. The predicted molar refractivity (Wildman–Crippen MR) is 90.9 cm³/mol. The zero-order chi connectivity index (χ0) is 16.6. The Balaban J connectivity index is 1.99. The molecular weight excluding hydrogens is 278 g/mol. The fourth-order valence-electron chi connectivity index (χ4n) is 2.51. The zero-order valence-corrected chi connectivity index (χ0v) is 14.8. The maximum Gasteiger partial charge on any atom is 0.314 e. The Kier molecular flexibility index (Phi) is 8.18. The van der Waals surface area contributed by atoms with Crippen LogP contribution in [0.5, 0.6) is 0 Å². The first kappa shape index (κ1) is 19.2. The van der Waals surface area contributed by atoms with Crippen molar-refractivity contribution in [3.63, 3.8) is 0 Å². The lowest BCUT2D eigenvalue weighted by atomic mass is 9.89. The highest BCUT2D eigenvalue weighted by Crippen LogP contribution is 2.18. The number of nitrogens with zero attached hydrogens (tertiary/aromatic N) is 1. The maximum absolute atomic E-state index is 11.6. The van der Waals surface area contributed by atoms with E-state index in [-0.39, 0.29) is 11.4 Å². The molecule has 0 aliphatic carbocycles. The number of rotatable bonds is 7. The van der Waals surface area contributed by atoms with E-state index in [0.717, 1.165) is 25.3 Å². The third-order valence-electron chi connectivity index (χ3n) is 4.52. The molecule has 0 saturated carbocycles. The minimum atomic E-state index is -0.528. The monoisotopic (exact) mass is 313 g/mol. The van der Waals surface area contributed by atoms with Crippen molar-refractivity contribution < 1.29 is 9.90 Å². The first-order valence-corrected chi connectivity index (χ1v) is 8.71. The second-order valence-corrected chi connectivity index (χ2v) is 7.75. The summed E-state index contributed by atoms with van der Waals surface area (Å²) < 4.78 is 0. The Morgan fingerprint density at radius 2 is 1.86 bits per heavy atom. The van der Waals surface area contributed by atoms with Gasteiger partial charge < -0.3 is 20.6 Å². The third kappa shape index (κ3) is 7.99. The van der Waals surface area contributed by atoms with Crippen LogP contribution in [0.4, 0.5) is 4.79 Å². The minimum Gasteiger partial charge on any atom is -0.391 e. The Labute approximate surface area is 135 Å². The average molecular weight is 313 g/mol. The number of aliphatic hydroxyl groups is 1. The topological polar surface area (TPSA) is 64.6 Å². The summed E-state index contributed by atoms with van der Waals surface area (Å²) in [5, 5.41) is 15.4. The van der Waals surface area contributed by atoms with Gasteiger partial charge in [-0.25, -0.2) is 4.79 Å². The summed E-state index contributed by atoms with van der Waals surface area (Å²) >= 11 is 0.